The summed E-state index contributed by atoms with van der Waals surface area (Å²) >= 11 is 0. The number of hydrogen-bond acceptors (Lipinski definition) is 6. The van der Waals surface area contributed by atoms with Gasteiger partial charge >= 0.3 is 5.97 Å². The Bertz CT molecular complexity index is 340. The zero-order valence-electron chi connectivity index (χ0n) is 13.9. The average Bonchev–Trinajstić information content (AvgIpc) is 2.48. The monoisotopic (exact) mass is 316 g/mol. The van der Waals surface area contributed by atoms with Crippen molar-refractivity contribution in [2.45, 2.75) is 32.6 Å². The van der Waals surface area contributed by atoms with E-state index in [0.29, 0.717) is 26.2 Å². The van der Waals surface area contributed by atoms with Crippen molar-refractivity contribution in [3.63, 3.8) is 0 Å². The van der Waals surface area contributed by atoms with Gasteiger partial charge in [-0.2, -0.15) is 0 Å². The van der Waals surface area contributed by atoms with Crippen LogP contribution >= 0.6 is 0 Å². The summed E-state index contributed by atoms with van der Waals surface area (Å²) < 4.78 is 19.8. The van der Waals surface area contributed by atoms with Crippen LogP contribution in [0.3, 0.4) is 0 Å². The van der Waals surface area contributed by atoms with Gasteiger partial charge in [0.15, 0.2) is 0 Å². The maximum Gasteiger partial charge on any atom is 0.313 e. The van der Waals surface area contributed by atoms with Gasteiger partial charge in [-0.1, -0.05) is 12.2 Å². The van der Waals surface area contributed by atoms with Gasteiger partial charge in [0.1, 0.15) is 19.0 Å². The fraction of sp³-hybridized carbons (Fsp3) is 0.750. The number of hydrogen-bond donors (Lipinski definition) is 0. The van der Waals surface area contributed by atoms with Crippen LogP contribution in [0.5, 0.6) is 0 Å². The second-order valence-electron chi connectivity index (χ2n) is 5.11. The van der Waals surface area contributed by atoms with E-state index in [2.05, 4.69) is 11.3 Å². The number of carbonyl (C=O) groups excluding carboxylic acids is 2. The second kappa shape index (κ2) is 13.4. The molecule has 0 radical (unpaired) electrons. The van der Waals surface area contributed by atoms with E-state index in [4.69, 9.17) is 14.2 Å². The first-order valence-corrected chi connectivity index (χ1v) is 7.39. The van der Waals surface area contributed by atoms with E-state index >= 15 is 0 Å². The van der Waals surface area contributed by atoms with Gasteiger partial charge < -0.3 is 18.9 Å². The maximum atomic E-state index is 11.8. The molecule has 0 heterocycles. The van der Waals surface area contributed by atoms with Crippen LogP contribution in [-0.2, 0) is 28.5 Å². The lowest BCUT2D eigenvalue weighted by molar-refractivity contribution is -0.143. The standard InChI is InChI=1S/C16H28O6/c1-13(2)14(10-15(17)11-16(18)20-4)6-5-7-21-12-22-9-8-19-3/h14H,1,5-12H2,2-4H3. The topological polar surface area (TPSA) is 71.1 Å². The van der Waals surface area contributed by atoms with Gasteiger partial charge in [0.2, 0.25) is 0 Å². The molecule has 0 aromatic rings. The van der Waals surface area contributed by atoms with Crippen LogP contribution in [0.1, 0.15) is 32.6 Å². The van der Waals surface area contributed by atoms with E-state index in [1.54, 1.807) is 7.11 Å². The van der Waals surface area contributed by atoms with Gasteiger partial charge in [0, 0.05) is 20.1 Å². The molecule has 0 saturated heterocycles. The van der Waals surface area contributed by atoms with Crippen molar-refractivity contribution in [3.05, 3.63) is 12.2 Å². The lowest BCUT2D eigenvalue weighted by atomic mass is 9.90. The predicted molar refractivity (Wildman–Crippen MR) is 82.4 cm³/mol. The molecule has 6 heteroatoms. The summed E-state index contributed by atoms with van der Waals surface area (Å²) in [7, 11) is 2.89. The number of methoxy groups -OCH3 is 2. The summed E-state index contributed by atoms with van der Waals surface area (Å²) in [6, 6.07) is 0. The third kappa shape index (κ3) is 11.4. The first-order chi connectivity index (χ1) is 10.5. The van der Waals surface area contributed by atoms with Gasteiger partial charge in [-0.25, -0.2) is 0 Å². The molecule has 0 amide bonds. The van der Waals surface area contributed by atoms with Crippen LogP contribution in [0.4, 0.5) is 0 Å². The highest BCUT2D eigenvalue weighted by Gasteiger charge is 2.17. The first kappa shape index (κ1) is 20.8. The van der Waals surface area contributed by atoms with Crippen molar-refractivity contribution in [3.8, 4) is 0 Å². The number of esters is 1. The highest BCUT2D eigenvalue weighted by atomic mass is 16.7. The quantitative estimate of drug-likeness (QED) is 0.161. The second-order valence-corrected chi connectivity index (χ2v) is 5.11. The largest absolute Gasteiger partial charge is 0.469 e. The minimum Gasteiger partial charge on any atom is -0.469 e. The Kier molecular flexibility index (Phi) is 12.7. The van der Waals surface area contributed by atoms with Crippen molar-refractivity contribution in [1.29, 1.82) is 0 Å². The van der Waals surface area contributed by atoms with Crippen LogP contribution in [0, 0.1) is 5.92 Å². The Labute approximate surface area is 132 Å². The minimum absolute atomic E-state index is 0.0650. The Morgan fingerprint density at radius 3 is 2.36 bits per heavy atom. The van der Waals surface area contributed by atoms with Gasteiger partial charge in [-0.3, -0.25) is 9.59 Å². The van der Waals surface area contributed by atoms with Gasteiger partial charge in [0.05, 0.1) is 20.3 Å². The molecule has 0 bridgehead atoms. The zero-order valence-corrected chi connectivity index (χ0v) is 13.9. The molecule has 6 nitrogen and oxygen atoms in total. The number of allylic oxidation sites excluding steroid dienone is 1. The number of ketones is 1. The van der Waals surface area contributed by atoms with E-state index < -0.39 is 5.97 Å². The zero-order chi connectivity index (χ0) is 16.8. The lowest BCUT2D eigenvalue weighted by Crippen LogP contribution is -2.15. The lowest BCUT2D eigenvalue weighted by Gasteiger charge is -2.16. The maximum absolute atomic E-state index is 11.8. The molecule has 22 heavy (non-hydrogen) atoms. The van der Waals surface area contributed by atoms with Gasteiger partial charge in [-0.05, 0) is 25.7 Å². The minimum atomic E-state index is -0.498. The Morgan fingerprint density at radius 1 is 1.09 bits per heavy atom. The van der Waals surface area contributed by atoms with E-state index in [0.717, 1.165) is 18.4 Å². The summed E-state index contributed by atoms with van der Waals surface area (Å²) in [4.78, 5) is 22.8. The molecule has 0 N–H and O–H groups in total. The first-order valence-electron chi connectivity index (χ1n) is 7.39. The molecule has 0 aromatic carbocycles. The molecule has 0 aliphatic heterocycles. The fourth-order valence-electron chi connectivity index (χ4n) is 1.85. The molecule has 0 aliphatic carbocycles. The Balaban J connectivity index is 3.84. The van der Waals surface area contributed by atoms with E-state index in [9.17, 15) is 9.59 Å². The van der Waals surface area contributed by atoms with Crippen LogP contribution in [0.15, 0.2) is 12.2 Å². The van der Waals surface area contributed by atoms with Gasteiger partial charge in [-0.15, -0.1) is 0 Å². The Hall–Kier alpha value is -1.24. The smallest absolute Gasteiger partial charge is 0.313 e. The molecule has 0 aliphatic rings. The predicted octanol–water partition coefficient (Wildman–Crippen LogP) is 2.12. The number of rotatable bonds is 14. The average molecular weight is 316 g/mol. The van der Waals surface area contributed by atoms with Crippen LogP contribution in [-0.4, -0.2) is 52.6 Å². The molecule has 1 atom stereocenters. The normalized spacial score (nSPS) is 12.0. The molecular formula is C16H28O6. The van der Waals surface area contributed by atoms with Crippen molar-refractivity contribution >= 4 is 11.8 Å². The Morgan fingerprint density at radius 2 is 1.77 bits per heavy atom. The van der Waals surface area contributed by atoms with Crippen LogP contribution < -0.4 is 0 Å². The molecule has 1 unspecified atom stereocenters. The van der Waals surface area contributed by atoms with Crippen LogP contribution in [0.25, 0.3) is 0 Å². The number of ether oxygens (including phenoxy) is 4. The van der Waals surface area contributed by atoms with Crippen molar-refractivity contribution < 1.29 is 28.5 Å². The molecule has 128 valence electrons. The summed E-state index contributed by atoms with van der Waals surface area (Å²) in [5.74, 6) is -0.555. The van der Waals surface area contributed by atoms with E-state index in [1.807, 2.05) is 6.92 Å². The molecule has 0 fully saturated rings. The van der Waals surface area contributed by atoms with E-state index in [1.165, 1.54) is 7.11 Å². The highest BCUT2D eigenvalue weighted by Crippen LogP contribution is 2.20. The molecule has 0 spiro atoms. The number of Topliss-reactive ketones (excluding diaryl/α,β-unsaturated/α-hetero) is 1. The molecular weight excluding hydrogens is 288 g/mol. The summed E-state index contributed by atoms with van der Waals surface area (Å²) in [5, 5.41) is 0. The summed E-state index contributed by atoms with van der Waals surface area (Å²) in [5.41, 5.74) is 0.939. The fourth-order valence-corrected chi connectivity index (χ4v) is 1.85. The van der Waals surface area contributed by atoms with Crippen molar-refractivity contribution in [1.82, 2.24) is 0 Å². The summed E-state index contributed by atoms with van der Waals surface area (Å²) in [6.45, 7) is 7.65. The van der Waals surface area contributed by atoms with Crippen molar-refractivity contribution in [2.24, 2.45) is 5.92 Å². The third-order valence-corrected chi connectivity index (χ3v) is 3.18. The van der Waals surface area contributed by atoms with Gasteiger partial charge in [0.25, 0.3) is 0 Å². The molecule has 0 rings (SSSR count). The summed E-state index contributed by atoms with van der Waals surface area (Å²) in [6.07, 6.45) is 1.73. The third-order valence-electron chi connectivity index (χ3n) is 3.18. The SMILES string of the molecule is C=C(C)C(CCCOCOCCOC)CC(=O)CC(=O)OC. The van der Waals surface area contributed by atoms with Crippen molar-refractivity contribution in [2.75, 3.05) is 40.8 Å². The van der Waals surface area contributed by atoms with Crippen LogP contribution in [0.2, 0.25) is 0 Å². The number of carbonyl (C=O) groups is 2. The van der Waals surface area contributed by atoms with E-state index in [-0.39, 0.29) is 24.9 Å². The highest BCUT2D eigenvalue weighted by molar-refractivity contribution is 5.95. The molecule has 0 aromatic heterocycles. The molecule has 0 saturated carbocycles.